The molecule has 28 nitrogen and oxygen atoms in total. The molecule has 0 saturated heterocycles. The number of carbonyl (C=O) groups excluding carboxylic acids is 10. The highest BCUT2D eigenvalue weighted by atomic mass is 16.4. The standard InChI is InChI=1S/C62H89N13O15/c1-35(2)28-47(60(88)74-50(31-40-32-66-43-17-9-8-16-42(40)43)56(84)67-33-51(79)68-48(29-38-14-6-5-7-15-38)62(90)75-53(37(4)77)54(65)82)72-61(89)49(30-39-20-22-41(78)23-21-39)73-58(86)45(19-11-13-27-64)70-57(85)44(18-10-12-26-63)71-59(87)46(24-25-52(80)81)69-55(83)36(3)34-76/h5-9,14-17,20-23,32,35-37,44-50,53,66,76-78H,10-13,18-19,24-31,33-34,63-64H2,1-4H3,(H2,65,82)(H,67,84)(H,68,79)(H,69,83)(H,70,85)(H,71,87)(H,72,89)(H,73,86)(H,74,88)(H,75,90)(H,80,81)/t36-,37+,44-,45-,46-,47-,48-,49-,50-,53-/m0/s1. The van der Waals surface area contributed by atoms with Gasteiger partial charge in [-0.1, -0.05) is 81.4 Å². The summed E-state index contributed by atoms with van der Waals surface area (Å²) in [4.78, 5) is 153. The molecule has 10 atom stereocenters. The van der Waals surface area contributed by atoms with Crippen LogP contribution in [0.4, 0.5) is 0 Å². The van der Waals surface area contributed by atoms with Gasteiger partial charge in [-0.3, -0.25) is 52.7 Å². The van der Waals surface area contributed by atoms with Crippen LogP contribution in [0.5, 0.6) is 5.75 Å². The van der Waals surface area contributed by atoms with Gasteiger partial charge in [0.1, 0.15) is 54.1 Å². The van der Waals surface area contributed by atoms with Crippen LogP contribution in [0.1, 0.15) is 102 Å². The molecule has 0 radical (unpaired) electrons. The second-order valence-electron chi connectivity index (χ2n) is 22.7. The molecule has 4 aromatic rings. The van der Waals surface area contributed by atoms with Crippen LogP contribution in [0.2, 0.25) is 0 Å². The van der Waals surface area contributed by atoms with Gasteiger partial charge in [0.25, 0.3) is 0 Å². The Labute approximate surface area is 522 Å². The number of H-pyrrole nitrogens is 1. The average Bonchev–Trinajstić information content (AvgIpc) is 1.87. The quantitative estimate of drug-likeness (QED) is 0.0227. The summed E-state index contributed by atoms with van der Waals surface area (Å²) < 4.78 is 0. The van der Waals surface area contributed by atoms with E-state index < -0.39 is 145 Å². The molecular formula is C62H89N13O15. The Kier molecular flexibility index (Phi) is 30.8. The molecule has 10 amide bonds. The number of carboxylic acid groups (broad SMARTS) is 1. The molecule has 0 bridgehead atoms. The molecule has 492 valence electrons. The topological polar surface area (TPSA) is 471 Å². The summed E-state index contributed by atoms with van der Waals surface area (Å²) in [7, 11) is 0. The van der Waals surface area contributed by atoms with Crippen molar-refractivity contribution in [3.63, 3.8) is 0 Å². The molecule has 0 saturated carbocycles. The number of para-hydroxylation sites is 1. The number of hydrogen-bond acceptors (Lipinski definition) is 16. The lowest BCUT2D eigenvalue weighted by Crippen LogP contribution is -2.60. The second kappa shape index (κ2) is 37.8. The highest BCUT2D eigenvalue weighted by Gasteiger charge is 2.36. The number of aromatic hydroxyl groups is 1. The normalized spacial score (nSPS) is 14.5. The van der Waals surface area contributed by atoms with Crippen molar-refractivity contribution in [2.24, 2.45) is 29.0 Å². The first-order valence-corrected chi connectivity index (χ1v) is 30.1. The summed E-state index contributed by atoms with van der Waals surface area (Å²) in [6.07, 6.45) is 0.338. The van der Waals surface area contributed by atoms with E-state index in [0.717, 1.165) is 0 Å². The molecule has 3 aromatic carbocycles. The van der Waals surface area contributed by atoms with E-state index in [2.05, 4.69) is 52.8 Å². The summed E-state index contributed by atoms with van der Waals surface area (Å²) in [5.74, 6) is -11.2. The number of rotatable bonds is 40. The maximum Gasteiger partial charge on any atom is 0.303 e. The zero-order valence-electron chi connectivity index (χ0n) is 51.3. The van der Waals surface area contributed by atoms with Crippen molar-refractivity contribution >= 4 is 75.9 Å². The van der Waals surface area contributed by atoms with E-state index >= 15 is 0 Å². The van der Waals surface area contributed by atoms with Gasteiger partial charge >= 0.3 is 5.97 Å². The van der Waals surface area contributed by atoms with E-state index in [9.17, 15) is 73.2 Å². The number of aromatic amines is 1. The number of carbonyl (C=O) groups is 11. The van der Waals surface area contributed by atoms with E-state index in [0.29, 0.717) is 53.3 Å². The fourth-order valence-electron chi connectivity index (χ4n) is 9.61. The largest absolute Gasteiger partial charge is 0.508 e. The average molecular weight is 1260 g/mol. The molecule has 90 heavy (non-hydrogen) atoms. The fourth-order valence-corrected chi connectivity index (χ4v) is 9.61. The van der Waals surface area contributed by atoms with Crippen molar-refractivity contribution in [3.8, 4) is 5.75 Å². The van der Waals surface area contributed by atoms with E-state index in [1.54, 1.807) is 74.6 Å². The number of phenolic OH excluding ortho intramolecular Hbond substituents is 1. The van der Waals surface area contributed by atoms with Crippen molar-refractivity contribution in [1.82, 2.24) is 52.8 Å². The zero-order chi connectivity index (χ0) is 66.5. The smallest absolute Gasteiger partial charge is 0.303 e. The van der Waals surface area contributed by atoms with Crippen molar-refractivity contribution in [2.45, 2.75) is 159 Å². The molecule has 0 aliphatic carbocycles. The molecule has 28 heteroatoms. The van der Waals surface area contributed by atoms with Crippen LogP contribution < -0.4 is 65.1 Å². The number of aliphatic hydroxyl groups excluding tert-OH is 2. The van der Waals surface area contributed by atoms with Gasteiger partial charge in [-0.15, -0.1) is 0 Å². The van der Waals surface area contributed by atoms with Crippen LogP contribution in [0.15, 0.2) is 85.1 Å². The minimum Gasteiger partial charge on any atom is -0.508 e. The van der Waals surface area contributed by atoms with Crippen molar-refractivity contribution in [1.29, 1.82) is 0 Å². The lowest BCUT2D eigenvalue weighted by atomic mass is 9.99. The number of phenols is 1. The van der Waals surface area contributed by atoms with Gasteiger partial charge in [-0.25, -0.2) is 0 Å². The Hall–Kier alpha value is -8.99. The number of aliphatic hydroxyl groups is 2. The van der Waals surface area contributed by atoms with Crippen LogP contribution in [0.25, 0.3) is 10.9 Å². The molecule has 4 rings (SSSR count). The summed E-state index contributed by atoms with van der Waals surface area (Å²) in [5.41, 5.74) is 19.4. The molecule has 0 aliphatic rings. The zero-order valence-corrected chi connectivity index (χ0v) is 51.3. The van der Waals surface area contributed by atoms with Gasteiger partial charge in [0, 0.05) is 42.8 Å². The van der Waals surface area contributed by atoms with Crippen LogP contribution in [-0.4, -0.2) is 171 Å². The molecule has 1 aromatic heterocycles. The van der Waals surface area contributed by atoms with Crippen molar-refractivity contribution in [3.05, 3.63) is 102 Å². The summed E-state index contributed by atoms with van der Waals surface area (Å²) in [6, 6.07) is 10.2. The van der Waals surface area contributed by atoms with Gasteiger partial charge in [0.2, 0.25) is 59.1 Å². The van der Waals surface area contributed by atoms with Gasteiger partial charge in [-0.05, 0) is 112 Å². The third-order valence-electron chi connectivity index (χ3n) is 14.7. The molecule has 0 aliphatic heterocycles. The number of fused-ring (bicyclic) bond motifs is 1. The number of nitrogens with one attached hydrogen (secondary N) is 10. The Balaban J connectivity index is 1.65. The number of amides is 10. The van der Waals surface area contributed by atoms with Gasteiger partial charge in [0.15, 0.2) is 0 Å². The van der Waals surface area contributed by atoms with E-state index in [-0.39, 0.29) is 69.7 Å². The molecule has 20 N–H and O–H groups in total. The summed E-state index contributed by atoms with van der Waals surface area (Å²) in [5, 5.41) is 63.4. The number of nitrogens with two attached hydrogens (primary N) is 3. The third-order valence-corrected chi connectivity index (χ3v) is 14.7. The molecule has 0 spiro atoms. The van der Waals surface area contributed by atoms with Gasteiger partial charge in [0.05, 0.1) is 25.2 Å². The Bertz CT molecular complexity index is 3030. The second-order valence-corrected chi connectivity index (χ2v) is 22.7. The van der Waals surface area contributed by atoms with E-state index in [1.165, 1.54) is 38.1 Å². The predicted molar refractivity (Wildman–Crippen MR) is 332 cm³/mol. The Morgan fingerprint density at radius 2 is 0.989 bits per heavy atom. The van der Waals surface area contributed by atoms with E-state index in [1.807, 2.05) is 0 Å². The molecular weight excluding hydrogens is 1170 g/mol. The SMILES string of the molecule is CC(C)C[C@H](NC(=O)[C@H](Cc1ccc(O)cc1)NC(=O)[C@H](CCCCN)NC(=O)[C@H](CCCCN)NC(=O)[C@H](CCC(=O)O)NC(=O)[C@@H](C)CO)C(=O)N[C@@H](Cc1c[nH]c2ccccc12)C(=O)NCC(=O)N[C@@H](Cc1ccccc1)C(=O)N[C@H](C(N)=O)[C@@H](C)O. The van der Waals surface area contributed by atoms with Crippen LogP contribution in [0, 0.1) is 11.8 Å². The third kappa shape index (κ3) is 24.9. The van der Waals surface area contributed by atoms with Crippen LogP contribution >= 0.6 is 0 Å². The monoisotopic (exact) mass is 1260 g/mol. The first-order valence-electron chi connectivity index (χ1n) is 30.1. The fraction of sp³-hybridized carbons (Fsp3) is 0.500. The number of unbranched alkanes of at least 4 members (excludes halogenated alkanes) is 2. The summed E-state index contributed by atoms with van der Waals surface area (Å²) >= 11 is 0. The minimum atomic E-state index is -1.49. The van der Waals surface area contributed by atoms with Crippen LogP contribution in [-0.2, 0) is 72.0 Å². The lowest BCUT2D eigenvalue weighted by Gasteiger charge is -2.28. The van der Waals surface area contributed by atoms with E-state index in [4.69, 9.17) is 17.2 Å². The number of carboxylic acids is 1. The maximum atomic E-state index is 14.8. The number of aromatic nitrogens is 1. The van der Waals surface area contributed by atoms with Crippen molar-refractivity contribution < 1.29 is 73.2 Å². The van der Waals surface area contributed by atoms with Crippen molar-refractivity contribution in [2.75, 3.05) is 26.2 Å². The predicted octanol–water partition coefficient (Wildman–Crippen LogP) is -1.44. The first-order chi connectivity index (χ1) is 42.8. The Morgan fingerprint density at radius 3 is 1.52 bits per heavy atom. The Morgan fingerprint density at radius 1 is 0.522 bits per heavy atom. The number of benzene rings is 3. The molecule has 0 unspecified atom stereocenters. The summed E-state index contributed by atoms with van der Waals surface area (Å²) in [6.45, 7) is 5.37. The number of aliphatic carboxylic acids is 1. The molecule has 1 heterocycles. The lowest BCUT2D eigenvalue weighted by molar-refractivity contribution is -0.139. The highest BCUT2D eigenvalue weighted by Crippen LogP contribution is 2.20. The van der Waals surface area contributed by atoms with Crippen LogP contribution in [0.3, 0.4) is 0 Å². The highest BCUT2D eigenvalue weighted by molar-refractivity contribution is 5.99. The van der Waals surface area contributed by atoms with Gasteiger partial charge < -0.3 is 90.5 Å². The van der Waals surface area contributed by atoms with Gasteiger partial charge in [-0.2, -0.15) is 0 Å². The maximum absolute atomic E-state index is 14.8. The number of primary amides is 1. The minimum absolute atomic E-state index is 0.00580. The first kappa shape index (κ1) is 73.5. The molecule has 0 fully saturated rings. The number of hydrogen-bond donors (Lipinski definition) is 17.